The van der Waals surface area contributed by atoms with Crippen molar-refractivity contribution in [2.24, 2.45) is 0 Å². The lowest BCUT2D eigenvalue weighted by Gasteiger charge is -2.30. The minimum atomic E-state index is -0.297. The van der Waals surface area contributed by atoms with E-state index >= 15 is 0 Å². The fourth-order valence-corrected chi connectivity index (χ4v) is 11.0. The van der Waals surface area contributed by atoms with Gasteiger partial charge in [-0.2, -0.15) is 0 Å². The first kappa shape index (κ1) is 37.4. The first-order valence-electron chi connectivity index (χ1n) is 22.7. The number of rotatable bonds is 6. The minimum Gasteiger partial charge on any atom is -0.310 e. The van der Waals surface area contributed by atoms with Gasteiger partial charge in [-0.3, -0.25) is 0 Å². The van der Waals surface area contributed by atoms with Crippen LogP contribution in [0.1, 0.15) is 25.0 Å². The number of hydrogen-bond donors (Lipinski definition) is 0. The van der Waals surface area contributed by atoms with Crippen LogP contribution < -0.4 is 9.80 Å². The summed E-state index contributed by atoms with van der Waals surface area (Å²) in [5, 5.41) is 14.9. The predicted molar refractivity (Wildman–Crippen MR) is 278 cm³/mol. The molecule has 0 fully saturated rings. The third kappa shape index (κ3) is 5.88. The van der Waals surface area contributed by atoms with Gasteiger partial charge in [0.25, 0.3) is 0 Å². The van der Waals surface area contributed by atoms with E-state index in [1.54, 1.807) is 0 Å². The third-order valence-electron chi connectivity index (χ3n) is 14.1. The van der Waals surface area contributed by atoms with Gasteiger partial charge >= 0.3 is 0 Å². The molecule has 0 N–H and O–H groups in total. The quantitative estimate of drug-likeness (QED) is 0.154. The van der Waals surface area contributed by atoms with Gasteiger partial charge in [0.1, 0.15) is 0 Å². The average Bonchev–Trinajstić information content (AvgIpc) is 3.60. The van der Waals surface area contributed by atoms with Crippen molar-refractivity contribution in [2.75, 3.05) is 9.80 Å². The zero-order chi connectivity index (χ0) is 43.2. The van der Waals surface area contributed by atoms with E-state index in [2.05, 4.69) is 254 Å². The van der Waals surface area contributed by atoms with E-state index in [1.165, 1.54) is 86.9 Å². The molecular formula is C63H44N2. The van der Waals surface area contributed by atoms with Crippen molar-refractivity contribution in [2.45, 2.75) is 19.3 Å². The van der Waals surface area contributed by atoms with Crippen molar-refractivity contribution in [1.29, 1.82) is 0 Å². The van der Waals surface area contributed by atoms with Crippen LogP contribution in [0, 0.1) is 0 Å². The van der Waals surface area contributed by atoms with Crippen molar-refractivity contribution in [3.05, 3.63) is 242 Å². The molecular weight excluding hydrogens is 785 g/mol. The summed E-state index contributed by atoms with van der Waals surface area (Å²) in [5.41, 5.74) is 11.9. The van der Waals surface area contributed by atoms with E-state index in [-0.39, 0.29) is 5.41 Å². The largest absolute Gasteiger partial charge is 0.310 e. The summed E-state index contributed by atoms with van der Waals surface area (Å²) < 4.78 is 0. The van der Waals surface area contributed by atoms with Crippen LogP contribution in [0.3, 0.4) is 0 Å². The van der Waals surface area contributed by atoms with Gasteiger partial charge in [0.15, 0.2) is 0 Å². The number of hydrogen-bond acceptors (Lipinski definition) is 2. The zero-order valence-corrected chi connectivity index (χ0v) is 36.3. The minimum absolute atomic E-state index is 0.297. The van der Waals surface area contributed by atoms with E-state index in [9.17, 15) is 0 Å². The van der Waals surface area contributed by atoms with E-state index < -0.39 is 0 Å². The van der Waals surface area contributed by atoms with Crippen LogP contribution in [0.15, 0.2) is 231 Å². The highest BCUT2D eigenvalue weighted by molar-refractivity contribution is 6.19. The van der Waals surface area contributed by atoms with Gasteiger partial charge in [0, 0.05) is 39.2 Å². The van der Waals surface area contributed by atoms with Crippen LogP contribution in [-0.2, 0) is 5.41 Å². The lowest BCUT2D eigenvalue weighted by Crippen LogP contribution is -2.17. The third-order valence-corrected chi connectivity index (χ3v) is 14.1. The summed E-state index contributed by atoms with van der Waals surface area (Å²) in [4.78, 5) is 4.89. The van der Waals surface area contributed by atoms with Crippen molar-refractivity contribution in [3.8, 4) is 11.1 Å². The summed E-state index contributed by atoms with van der Waals surface area (Å²) in [6.45, 7) is 4.86. The Morgan fingerprint density at radius 1 is 0.292 bits per heavy atom. The lowest BCUT2D eigenvalue weighted by atomic mass is 9.79. The average molecular weight is 829 g/mol. The van der Waals surface area contributed by atoms with Crippen LogP contribution in [-0.4, -0.2) is 0 Å². The molecule has 1 aliphatic rings. The molecule has 306 valence electrons. The fourth-order valence-electron chi connectivity index (χ4n) is 11.0. The Bertz CT molecular complexity index is 3810. The molecule has 0 radical (unpaired) electrons. The first-order valence-corrected chi connectivity index (χ1v) is 22.7. The molecule has 0 saturated carbocycles. The second-order valence-electron chi connectivity index (χ2n) is 18.1. The van der Waals surface area contributed by atoms with Crippen LogP contribution in [0.5, 0.6) is 0 Å². The maximum Gasteiger partial charge on any atom is 0.0540 e. The van der Waals surface area contributed by atoms with Crippen molar-refractivity contribution >= 4 is 98.8 Å². The summed E-state index contributed by atoms with van der Waals surface area (Å²) in [6, 6.07) is 85.3. The van der Waals surface area contributed by atoms with Gasteiger partial charge < -0.3 is 9.80 Å². The summed E-state index contributed by atoms with van der Waals surface area (Å²) in [6.07, 6.45) is 0. The van der Waals surface area contributed by atoms with Crippen molar-refractivity contribution < 1.29 is 0 Å². The van der Waals surface area contributed by atoms with Gasteiger partial charge in [0.05, 0.1) is 5.69 Å². The fraction of sp³-hybridized carbons (Fsp3) is 0.0476. The van der Waals surface area contributed by atoms with Gasteiger partial charge in [0.2, 0.25) is 0 Å². The second kappa shape index (κ2) is 14.4. The number of fused-ring (bicyclic) bond motifs is 12. The Morgan fingerprint density at radius 3 is 1.35 bits per heavy atom. The van der Waals surface area contributed by atoms with Crippen LogP contribution in [0.2, 0.25) is 0 Å². The summed E-state index contributed by atoms with van der Waals surface area (Å²) >= 11 is 0. The molecule has 12 aromatic rings. The molecule has 0 saturated heterocycles. The molecule has 0 aromatic heterocycles. The van der Waals surface area contributed by atoms with E-state index in [4.69, 9.17) is 0 Å². The number of anilines is 6. The maximum atomic E-state index is 2.47. The molecule has 0 aliphatic heterocycles. The molecule has 0 bridgehead atoms. The Morgan fingerprint density at radius 2 is 0.738 bits per heavy atom. The Balaban J connectivity index is 1.01. The topological polar surface area (TPSA) is 6.48 Å². The Labute approximate surface area is 378 Å². The van der Waals surface area contributed by atoms with E-state index in [0.717, 1.165) is 34.1 Å². The molecule has 65 heavy (non-hydrogen) atoms. The maximum absolute atomic E-state index is 2.47. The zero-order valence-electron chi connectivity index (χ0n) is 36.3. The summed E-state index contributed by atoms with van der Waals surface area (Å²) in [7, 11) is 0. The SMILES string of the molecule is CC1(C)c2cc(N(c3ccc4ccccc4c3)c3cccc4ccccc34)ccc2-c2c1c1ccc(N(c3ccc4ccccc4c3)c3ccc4ccccc4c3)cc1c1ccccc21. The van der Waals surface area contributed by atoms with Gasteiger partial charge in [-0.15, -0.1) is 0 Å². The Hall–Kier alpha value is -8.20. The molecule has 2 nitrogen and oxygen atoms in total. The molecule has 2 heteroatoms. The standard InChI is InChI=1S/C63H44N2/c1-63(2)59-40-52(65(50-31-28-43-16-5-8-20-47(43)38-50)60-25-13-21-44-17-9-10-22-53(44)60)33-35-57(59)61-55-24-12-11-23-54(55)58-39-51(32-34-56(58)62(61)63)64(48-29-26-41-14-3-6-18-45(41)36-48)49-30-27-42-15-4-7-19-46(42)37-49/h3-40H,1-2H3. The molecule has 0 spiro atoms. The van der Waals surface area contributed by atoms with Gasteiger partial charge in [-0.1, -0.05) is 178 Å². The van der Waals surface area contributed by atoms with Crippen molar-refractivity contribution in [3.63, 3.8) is 0 Å². The molecule has 0 heterocycles. The number of benzene rings is 12. The highest BCUT2D eigenvalue weighted by Gasteiger charge is 2.39. The molecule has 0 unspecified atom stereocenters. The number of nitrogens with zero attached hydrogens (tertiary/aromatic N) is 2. The van der Waals surface area contributed by atoms with Gasteiger partial charge in [-0.25, -0.2) is 0 Å². The Kier molecular flexibility index (Phi) is 8.29. The first-order chi connectivity index (χ1) is 32.0. The summed E-state index contributed by atoms with van der Waals surface area (Å²) in [5.74, 6) is 0. The second-order valence-corrected chi connectivity index (χ2v) is 18.1. The van der Waals surface area contributed by atoms with Crippen LogP contribution in [0.25, 0.3) is 75.8 Å². The molecule has 13 rings (SSSR count). The van der Waals surface area contributed by atoms with Crippen LogP contribution >= 0.6 is 0 Å². The van der Waals surface area contributed by atoms with Crippen LogP contribution in [0.4, 0.5) is 34.1 Å². The molecule has 12 aromatic carbocycles. The van der Waals surface area contributed by atoms with E-state index in [1.807, 2.05) is 0 Å². The monoisotopic (exact) mass is 828 g/mol. The highest BCUT2D eigenvalue weighted by atomic mass is 15.1. The smallest absolute Gasteiger partial charge is 0.0540 e. The normalized spacial score (nSPS) is 12.9. The van der Waals surface area contributed by atoms with E-state index in [0.29, 0.717) is 0 Å². The van der Waals surface area contributed by atoms with Crippen molar-refractivity contribution in [1.82, 2.24) is 0 Å². The molecule has 0 atom stereocenters. The molecule has 0 amide bonds. The lowest BCUT2D eigenvalue weighted by molar-refractivity contribution is 0.666. The van der Waals surface area contributed by atoms with Gasteiger partial charge in [-0.05, 0) is 148 Å². The predicted octanol–water partition coefficient (Wildman–Crippen LogP) is 17.9. The molecule has 1 aliphatic carbocycles. The highest BCUT2D eigenvalue weighted by Crippen LogP contribution is 2.56.